The van der Waals surface area contributed by atoms with Crippen molar-refractivity contribution in [3.63, 3.8) is 0 Å². The minimum atomic E-state index is -3.95. The van der Waals surface area contributed by atoms with Gasteiger partial charge in [-0.05, 0) is 25.0 Å². The van der Waals surface area contributed by atoms with Crippen LogP contribution in [0.3, 0.4) is 0 Å². The van der Waals surface area contributed by atoms with Crippen LogP contribution in [0.2, 0.25) is 0 Å². The number of anilines is 1. The van der Waals surface area contributed by atoms with Crippen LogP contribution in [0.25, 0.3) is 0 Å². The lowest BCUT2D eigenvalue weighted by molar-refractivity contribution is 0.0321. The molecule has 1 aromatic rings. The third-order valence-corrected chi connectivity index (χ3v) is 5.12. The maximum Gasteiger partial charge on any atom is 0.245 e. The van der Waals surface area contributed by atoms with Gasteiger partial charge in [-0.25, -0.2) is 17.5 Å². The Morgan fingerprint density at radius 2 is 2.00 bits per heavy atom. The SMILES string of the molecule is Nc1cccc(F)c1S(=O)(=O)NCCOC1CCCCC1. The Morgan fingerprint density at radius 1 is 1.29 bits per heavy atom. The van der Waals surface area contributed by atoms with E-state index in [1.54, 1.807) is 0 Å². The highest BCUT2D eigenvalue weighted by Gasteiger charge is 2.22. The van der Waals surface area contributed by atoms with Crippen LogP contribution in [0.5, 0.6) is 0 Å². The molecule has 118 valence electrons. The van der Waals surface area contributed by atoms with Gasteiger partial charge >= 0.3 is 0 Å². The van der Waals surface area contributed by atoms with Crippen LogP contribution < -0.4 is 10.5 Å². The summed E-state index contributed by atoms with van der Waals surface area (Å²) >= 11 is 0. The summed E-state index contributed by atoms with van der Waals surface area (Å²) in [5.41, 5.74) is 5.44. The fraction of sp³-hybridized carbons (Fsp3) is 0.571. The number of nitrogens with one attached hydrogen (secondary N) is 1. The van der Waals surface area contributed by atoms with Crippen LogP contribution >= 0.6 is 0 Å². The molecule has 0 bridgehead atoms. The topological polar surface area (TPSA) is 81.4 Å². The van der Waals surface area contributed by atoms with Crippen molar-refractivity contribution in [1.82, 2.24) is 4.72 Å². The molecule has 3 N–H and O–H groups in total. The molecule has 0 saturated heterocycles. The highest BCUT2D eigenvalue weighted by Crippen LogP contribution is 2.22. The number of nitrogens with two attached hydrogens (primary N) is 1. The van der Waals surface area contributed by atoms with Crippen molar-refractivity contribution in [2.75, 3.05) is 18.9 Å². The largest absolute Gasteiger partial charge is 0.398 e. The van der Waals surface area contributed by atoms with Gasteiger partial charge in [-0.3, -0.25) is 0 Å². The zero-order valence-electron chi connectivity index (χ0n) is 11.8. The summed E-state index contributed by atoms with van der Waals surface area (Å²) in [6.07, 6.45) is 5.80. The third kappa shape index (κ3) is 4.39. The predicted molar refractivity (Wildman–Crippen MR) is 78.8 cm³/mol. The Morgan fingerprint density at radius 3 is 2.67 bits per heavy atom. The molecular weight excluding hydrogens is 295 g/mol. The van der Waals surface area contributed by atoms with Crippen molar-refractivity contribution < 1.29 is 17.5 Å². The van der Waals surface area contributed by atoms with Crippen molar-refractivity contribution in [2.24, 2.45) is 0 Å². The first-order chi connectivity index (χ1) is 10.0. The molecule has 1 saturated carbocycles. The molecule has 5 nitrogen and oxygen atoms in total. The molecule has 0 aliphatic heterocycles. The number of sulfonamides is 1. The third-order valence-electron chi connectivity index (χ3n) is 3.57. The van der Waals surface area contributed by atoms with Crippen molar-refractivity contribution in [3.05, 3.63) is 24.0 Å². The van der Waals surface area contributed by atoms with Crippen LogP contribution in [-0.4, -0.2) is 27.7 Å². The van der Waals surface area contributed by atoms with Gasteiger partial charge in [-0.2, -0.15) is 0 Å². The quantitative estimate of drug-likeness (QED) is 0.621. The zero-order valence-corrected chi connectivity index (χ0v) is 12.7. The van der Waals surface area contributed by atoms with E-state index in [1.165, 1.54) is 18.6 Å². The first-order valence-electron chi connectivity index (χ1n) is 7.16. The maximum absolute atomic E-state index is 13.6. The molecule has 0 radical (unpaired) electrons. The second-order valence-corrected chi connectivity index (χ2v) is 6.89. The summed E-state index contributed by atoms with van der Waals surface area (Å²) in [6.45, 7) is 0.380. The highest BCUT2D eigenvalue weighted by molar-refractivity contribution is 7.89. The van der Waals surface area contributed by atoms with E-state index < -0.39 is 20.7 Å². The Balaban J connectivity index is 1.86. The highest BCUT2D eigenvalue weighted by atomic mass is 32.2. The van der Waals surface area contributed by atoms with Gasteiger partial charge < -0.3 is 10.5 Å². The van der Waals surface area contributed by atoms with E-state index in [1.807, 2.05) is 0 Å². The van der Waals surface area contributed by atoms with Gasteiger partial charge in [0.05, 0.1) is 18.4 Å². The molecule has 2 rings (SSSR count). The molecule has 0 spiro atoms. The molecule has 0 aromatic heterocycles. The Kier molecular flexibility index (Phi) is 5.55. The van der Waals surface area contributed by atoms with Crippen molar-refractivity contribution >= 4 is 15.7 Å². The minimum absolute atomic E-state index is 0.101. The molecular formula is C14H21FN2O3S. The molecule has 0 atom stereocenters. The lowest BCUT2D eigenvalue weighted by Crippen LogP contribution is -2.30. The van der Waals surface area contributed by atoms with Gasteiger partial charge in [0.2, 0.25) is 10.0 Å². The maximum atomic E-state index is 13.6. The van der Waals surface area contributed by atoms with Crippen LogP contribution in [0.15, 0.2) is 23.1 Å². The summed E-state index contributed by atoms with van der Waals surface area (Å²) in [5.74, 6) is -0.851. The lowest BCUT2D eigenvalue weighted by atomic mass is 9.98. The summed E-state index contributed by atoms with van der Waals surface area (Å²) in [7, 11) is -3.95. The predicted octanol–water partition coefficient (Wildman–Crippen LogP) is 2.04. The Hall–Kier alpha value is -1.18. The van der Waals surface area contributed by atoms with Crippen LogP contribution in [0.4, 0.5) is 10.1 Å². The molecule has 0 unspecified atom stereocenters. The fourth-order valence-corrected chi connectivity index (χ4v) is 3.71. The Labute approximate surface area is 124 Å². The first-order valence-corrected chi connectivity index (χ1v) is 8.64. The molecule has 0 amide bonds. The normalized spacial score (nSPS) is 17.0. The van der Waals surface area contributed by atoms with Gasteiger partial charge in [0.1, 0.15) is 10.7 Å². The summed E-state index contributed by atoms with van der Waals surface area (Å²) in [5, 5.41) is 0. The average Bonchev–Trinajstić information content (AvgIpc) is 2.44. The smallest absolute Gasteiger partial charge is 0.245 e. The second kappa shape index (κ2) is 7.20. The molecule has 0 heterocycles. The average molecular weight is 316 g/mol. The second-order valence-electron chi connectivity index (χ2n) is 5.19. The number of rotatable bonds is 6. The van der Waals surface area contributed by atoms with Gasteiger partial charge in [0.25, 0.3) is 0 Å². The fourth-order valence-electron chi connectivity index (χ4n) is 2.51. The van der Waals surface area contributed by atoms with E-state index in [9.17, 15) is 12.8 Å². The van der Waals surface area contributed by atoms with E-state index in [0.717, 1.165) is 31.7 Å². The number of benzene rings is 1. The number of hydrogen-bond donors (Lipinski definition) is 2. The summed E-state index contributed by atoms with van der Waals surface area (Å²) in [6, 6.07) is 3.80. The molecule has 1 aromatic carbocycles. The van der Waals surface area contributed by atoms with Crippen LogP contribution in [0.1, 0.15) is 32.1 Å². The lowest BCUT2D eigenvalue weighted by Gasteiger charge is -2.22. The number of hydrogen-bond acceptors (Lipinski definition) is 4. The molecule has 1 aliphatic carbocycles. The van der Waals surface area contributed by atoms with Gasteiger partial charge in [0, 0.05) is 6.54 Å². The summed E-state index contributed by atoms with van der Waals surface area (Å²) < 4.78 is 45.6. The van der Waals surface area contributed by atoms with Gasteiger partial charge in [0.15, 0.2) is 0 Å². The van der Waals surface area contributed by atoms with E-state index in [2.05, 4.69) is 4.72 Å². The number of ether oxygens (including phenoxy) is 1. The van der Waals surface area contributed by atoms with Crippen molar-refractivity contribution in [3.8, 4) is 0 Å². The Bertz CT molecular complexity index is 551. The molecule has 7 heteroatoms. The van der Waals surface area contributed by atoms with E-state index >= 15 is 0 Å². The standard InChI is InChI=1S/C14H21FN2O3S/c15-12-7-4-8-13(16)14(12)21(18,19)17-9-10-20-11-5-2-1-3-6-11/h4,7-8,11,17H,1-3,5-6,9-10,16H2. The van der Waals surface area contributed by atoms with E-state index in [-0.39, 0.29) is 24.9 Å². The zero-order chi connectivity index (χ0) is 15.3. The first kappa shape index (κ1) is 16.2. The van der Waals surface area contributed by atoms with Gasteiger partial charge in [-0.15, -0.1) is 0 Å². The number of halogens is 1. The minimum Gasteiger partial charge on any atom is -0.398 e. The molecule has 1 aliphatic rings. The van der Waals surface area contributed by atoms with Crippen LogP contribution in [0, 0.1) is 5.82 Å². The molecule has 21 heavy (non-hydrogen) atoms. The van der Waals surface area contributed by atoms with Crippen molar-refractivity contribution in [1.29, 1.82) is 0 Å². The van der Waals surface area contributed by atoms with Crippen molar-refractivity contribution in [2.45, 2.75) is 43.1 Å². The summed E-state index contributed by atoms with van der Waals surface area (Å²) in [4.78, 5) is -0.498. The van der Waals surface area contributed by atoms with E-state index in [0.29, 0.717) is 0 Å². The van der Waals surface area contributed by atoms with E-state index in [4.69, 9.17) is 10.5 Å². The monoisotopic (exact) mass is 316 g/mol. The van der Waals surface area contributed by atoms with Crippen LogP contribution in [-0.2, 0) is 14.8 Å². The number of nitrogen functional groups attached to an aromatic ring is 1. The molecule has 1 fully saturated rings. The van der Waals surface area contributed by atoms with Gasteiger partial charge in [-0.1, -0.05) is 25.3 Å².